The number of nitrogens with zero attached hydrogens (tertiary/aromatic N) is 2. The van der Waals surface area contributed by atoms with Gasteiger partial charge in [0.15, 0.2) is 0 Å². The fraction of sp³-hybridized carbons (Fsp3) is 0.364. The van der Waals surface area contributed by atoms with Gasteiger partial charge in [-0.15, -0.1) is 0 Å². The lowest BCUT2D eigenvalue weighted by molar-refractivity contribution is -0.138. The van der Waals surface area contributed by atoms with Crippen LogP contribution in [0, 0.1) is 0 Å². The maximum atomic E-state index is 13.7. The van der Waals surface area contributed by atoms with E-state index < -0.39 is 18.1 Å². The molecule has 1 fully saturated rings. The van der Waals surface area contributed by atoms with Gasteiger partial charge in [-0.2, -0.15) is 0 Å². The molecule has 2 N–H and O–H groups in total. The third-order valence-corrected chi connectivity index (χ3v) is 8.04. The Labute approximate surface area is 240 Å². The molecule has 3 aromatic rings. The molecule has 0 aromatic heterocycles. The number of hydrogen-bond donors (Lipinski definition) is 2. The highest BCUT2D eigenvalue weighted by molar-refractivity contribution is 5.86. The van der Waals surface area contributed by atoms with Crippen LogP contribution < -0.4 is 5.32 Å². The van der Waals surface area contributed by atoms with Gasteiger partial charge in [-0.05, 0) is 47.6 Å². The Kier molecular flexibility index (Phi) is 8.99. The summed E-state index contributed by atoms with van der Waals surface area (Å²) < 4.78 is 5.67. The number of amides is 2. The molecule has 2 atom stereocenters. The van der Waals surface area contributed by atoms with Crippen LogP contribution in [0.1, 0.15) is 48.8 Å². The zero-order chi connectivity index (χ0) is 28.8. The summed E-state index contributed by atoms with van der Waals surface area (Å²) in [5, 5.41) is 12.0. The molecule has 0 radical (unpaired) electrons. The highest BCUT2D eigenvalue weighted by Crippen LogP contribution is 2.44. The number of carbonyl (C=O) groups excluding carboxylic acids is 2. The van der Waals surface area contributed by atoms with Crippen molar-refractivity contribution in [3.8, 4) is 11.1 Å². The minimum absolute atomic E-state index is 0.00465. The first-order valence-electron chi connectivity index (χ1n) is 14.3. The van der Waals surface area contributed by atoms with E-state index in [2.05, 4.69) is 34.5 Å². The van der Waals surface area contributed by atoms with E-state index in [-0.39, 0.29) is 37.3 Å². The largest absolute Gasteiger partial charge is 0.481 e. The number of fused-ring (bicyclic) bond motifs is 3. The van der Waals surface area contributed by atoms with Gasteiger partial charge >= 0.3 is 12.1 Å². The number of carbonyl (C=O) groups is 3. The zero-order valence-electron chi connectivity index (χ0n) is 23.4. The lowest BCUT2D eigenvalue weighted by Crippen LogP contribution is -2.52. The summed E-state index contributed by atoms with van der Waals surface area (Å²) >= 11 is 0. The van der Waals surface area contributed by atoms with Crippen molar-refractivity contribution in [1.82, 2.24) is 15.1 Å². The van der Waals surface area contributed by atoms with Crippen molar-refractivity contribution in [3.05, 3.63) is 95.6 Å². The van der Waals surface area contributed by atoms with Gasteiger partial charge in [-0.3, -0.25) is 14.5 Å². The number of carboxylic acids is 1. The molecule has 1 aliphatic carbocycles. The molecule has 8 nitrogen and oxygen atoms in total. The van der Waals surface area contributed by atoms with Crippen molar-refractivity contribution in [2.75, 3.05) is 26.2 Å². The smallest absolute Gasteiger partial charge is 0.407 e. The second-order valence-electron chi connectivity index (χ2n) is 10.9. The Morgan fingerprint density at radius 3 is 2.22 bits per heavy atom. The fourth-order valence-corrected chi connectivity index (χ4v) is 6.07. The van der Waals surface area contributed by atoms with Crippen LogP contribution in [-0.2, 0) is 20.9 Å². The van der Waals surface area contributed by atoms with Crippen LogP contribution in [0.15, 0.2) is 78.9 Å². The Hall–Kier alpha value is -4.17. The normalized spacial score (nSPS) is 17.7. The van der Waals surface area contributed by atoms with Crippen molar-refractivity contribution >= 4 is 18.0 Å². The summed E-state index contributed by atoms with van der Waals surface area (Å²) in [5.74, 6) is -1.40. The summed E-state index contributed by atoms with van der Waals surface area (Å²) in [5.41, 5.74) is 5.67. The average Bonchev–Trinajstić information content (AvgIpc) is 3.17. The molecule has 41 heavy (non-hydrogen) atoms. The summed E-state index contributed by atoms with van der Waals surface area (Å²) in [7, 11) is 0. The number of benzene rings is 3. The first-order valence-corrected chi connectivity index (χ1v) is 14.3. The van der Waals surface area contributed by atoms with Gasteiger partial charge < -0.3 is 20.1 Å². The topological polar surface area (TPSA) is 99.2 Å². The van der Waals surface area contributed by atoms with E-state index in [9.17, 15) is 19.5 Å². The van der Waals surface area contributed by atoms with Crippen LogP contribution in [0.2, 0.25) is 0 Å². The first kappa shape index (κ1) is 28.4. The number of nitrogens with one attached hydrogen (secondary N) is 1. The SMILES string of the molecule is CC1CN(Cc2ccccc2)CCCN1C(=O)C(CCC(=O)O)NC(=O)OCC1c2ccccc2-c2ccccc21. The number of carboxylic acid groups (broad SMARTS) is 1. The summed E-state index contributed by atoms with van der Waals surface area (Å²) in [4.78, 5) is 42.2. The van der Waals surface area contributed by atoms with Gasteiger partial charge in [0.25, 0.3) is 0 Å². The van der Waals surface area contributed by atoms with Crippen LogP contribution in [0.4, 0.5) is 4.79 Å². The molecule has 8 heteroatoms. The van der Waals surface area contributed by atoms with Gasteiger partial charge in [-0.25, -0.2) is 4.79 Å². The second-order valence-corrected chi connectivity index (χ2v) is 10.9. The van der Waals surface area contributed by atoms with Crippen molar-refractivity contribution in [2.45, 2.75) is 50.7 Å². The first-order chi connectivity index (χ1) is 19.9. The fourth-order valence-electron chi connectivity index (χ4n) is 6.07. The van der Waals surface area contributed by atoms with Crippen LogP contribution in [0.25, 0.3) is 11.1 Å². The number of alkyl carbamates (subject to hydrolysis) is 1. The van der Waals surface area contributed by atoms with Gasteiger partial charge in [-0.1, -0.05) is 78.9 Å². The monoisotopic (exact) mass is 555 g/mol. The molecule has 0 bridgehead atoms. The average molecular weight is 556 g/mol. The number of ether oxygens (including phenoxy) is 1. The standard InChI is InChI=1S/C33H37N3O5/c1-23-20-35(21-24-10-3-2-4-11-24)18-9-19-36(23)32(39)30(16-17-31(37)38)34-33(40)41-22-29-27-14-7-5-12-25(27)26-13-6-8-15-28(26)29/h2-8,10-15,23,29-30H,9,16-22H2,1H3,(H,34,40)(H,37,38). The van der Waals surface area contributed by atoms with Crippen LogP contribution >= 0.6 is 0 Å². The van der Waals surface area contributed by atoms with Gasteiger partial charge in [0, 0.05) is 44.6 Å². The van der Waals surface area contributed by atoms with E-state index in [1.54, 1.807) is 4.90 Å². The minimum Gasteiger partial charge on any atom is -0.481 e. The predicted molar refractivity (Wildman–Crippen MR) is 156 cm³/mol. The molecule has 3 aromatic carbocycles. The van der Waals surface area contributed by atoms with E-state index in [0.717, 1.165) is 41.8 Å². The predicted octanol–water partition coefficient (Wildman–Crippen LogP) is 4.88. The Balaban J connectivity index is 1.23. The maximum absolute atomic E-state index is 13.7. The third-order valence-electron chi connectivity index (χ3n) is 8.04. The lowest BCUT2D eigenvalue weighted by atomic mass is 9.98. The van der Waals surface area contributed by atoms with E-state index >= 15 is 0 Å². The molecule has 1 saturated heterocycles. The van der Waals surface area contributed by atoms with Crippen LogP contribution in [0.5, 0.6) is 0 Å². The van der Waals surface area contributed by atoms with Crippen molar-refractivity contribution < 1.29 is 24.2 Å². The summed E-state index contributed by atoms with van der Waals surface area (Å²) in [6, 6.07) is 25.3. The number of rotatable bonds is 9. The van der Waals surface area contributed by atoms with Crippen molar-refractivity contribution in [2.24, 2.45) is 0 Å². The lowest BCUT2D eigenvalue weighted by Gasteiger charge is -2.32. The number of aliphatic carboxylic acids is 1. The van der Waals surface area contributed by atoms with Gasteiger partial charge in [0.2, 0.25) is 5.91 Å². The second kappa shape index (κ2) is 13.0. The van der Waals surface area contributed by atoms with Crippen LogP contribution in [0.3, 0.4) is 0 Å². The molecular weight excluding hydrogens is 518 g/mol. The van der Waals surface area contributed by atoms with Crippen LogP contribution in [-0.4, -0.2) is 71.2 Å². The number of hydrogen-bond acceptors (Lipinski definition) is 5. The molecule has 2 unspecified atom stereocenters. The Morgan fingerprint density at radius 1 is 0.927 bits per heavy atom. The minimum atomic E-state index is -1.02. The quantitative estimate of drug-likeness (QED) is 0.391. The van der Waals surface area contributed by atoms with E-state index in [4.69, 9.17) is 4.74 Å². The molecule has 5 rings (SSSR count). The summed E-state index contributed by atoms with van der Waals surface area (Å²) in [6.07, 6.45) is -0.166. The Morgan fingerprint density at radius 2 is 1.56 bits per heavy atom. The maximum Gasteiger partial charge on any atom is 0.407 e. The van der Waals surface area contributed by atoms with E-state index in [0.29, 0.717) is 13.1 Å². The zero-order valence-corrected chi connectivity index (χ0v) is 23.4. The highest BCUT2D eigenvalue weighted by Gasteiger charge is 2.33. The van der Waals surface area contributed by atoms with E-state index in [1.807, 2.05) is 61.5 Å². The summed E-state index contributed by atoms with van der Waals surface area (Å²) in [6.45, 7) is 5.01. The molecular formula is C33H37N3O5. The highest BCUT2D eigenvalue weighted by atomic mass is 16.5. The molecule has 1 aliphatic heterocycles. The van der Waals surface area contributed by atoms with Crippen molar-refractivity contribution in [1.29, 1.82) is 0 Å². The molecule has 214 valence electrons. The molecule has 2 aliphatic rings. The molecule has 2 amide bonds. The molecule has 0 saturated carbocycles. The third kappa shape index (κ3) is 6.77. The van der Waals surface area contributed by atoms with Gasteiger partial charge in [0.1, 0.15) is 12.6 Å². The molecule has 1 heterocycles. The Bertz CT molecular complexity index is 1330. The van der Waals surface area contributed by atoms with E-state index in [1.165, 1.54) is 5.56 Å². The van der Waals surface area contributed by atoms with Crippen molar-refractivity contribution in [3.63, 3.8) is 0 Å². The van der Waals surface area contributed by atoms with Gasteiger partial charge in [0.05, 0.1) is 0 Å². The molecule has 0 spiro atoms.